The fourth-order valence-electron chi connectivity index (χ4n) is 1.27. The van der Waals surface area contributed by atoms with Gasteiger partial charge in [-0.05, 0) is 18.1 Å². The topological polar surface area (TPSA) is 35.5 Å². The molecule has 1 aromatic rings. The molecule has 0 amide bonds. The number of carbonyl (C=O) groups is 1. The van der Waals surface area contributed by atoms with Crippen molar-refractivity contribution >= 4 is 5.97 Å². The van der Waals surface area contributed by atoms with Crippen LogP contribution in [0.15, 0.2) is 36.9 Å². The van der Waals surface area contributed by atoms with E-state index >= 15 is 0 Å². The monoisotopic (exact) mass is 220 g/mol. The largest absolute Gasteiger partial charge is 0.482 e. The Bertz CT molecular complexity index is 358. The van der Waals surface area contributed by atoms with Gasteiger partial charge in [0.2, 0.25) is 0 Å². The zero-order chi connectivity index (χ0) is 11.8. The Labute approximate surface area is 95.7 Å². The highest BCUT2D eigenvalue weighted by Crippen LogP contribution is 2.17. The first-order chi connectivity index (χ1) is 7.77. The summed E-state index contributed by atoms with van der Waals surface area (Å²) in [5.41, 5.74) is 1.08. The number of hydrogen-bond acceptors (Lipinski definition) is 3. The number of carbonyl (C=O) groups excluding carboxylic acids is 1. The van der Waals surface area contributed by atoms with Gasteiger partial charge in [0.25, 0.3) is 0 Å². The number of benzene rings is 1. The number of hydrogen-bond donors (Lipinski definition) is 0. The summed E-state index contributed by atoms with van der Waals surface area (Å²) in [6, 6.07) is 7.65. The van der Waals surface area contributed by atoms with Crippen LogP contribution in [0.5, 0.6) is 5.75 Å². The van der Waals surface area contributed by atoms with E-state index < -0.39 is 0 Å². The van der Waals surface area contributed by atoms with Gasteiger partial charge in [-0.1, -0.05) is 37.8 Å². The molecule has 16 heavy (non-hydrogen) atoms. The summed E-state index contributed by atoms with van der Waals surface area (Å²) in [4.78, 5) is 11.2. The first-order valence-corrected chi connectivity index (χ1v) is 5.25. The molecule has 0 heterocycles. The van der Waals surface area contributed by atoms with Gasteiger partial charge in [-0.15, -0.1) is 0 Å². The lowest BCUT2D eigenvalue weighted by Crippen LogP contribution is -2.15. The van der Waals surface area contributed by atoms with Crippen LogP contribution >= 0.6 is 0 Å². The Morgan fingerprint density at radius 1 is 1.44 bits per heavy atom. The number of esters is 1. The summed E-state index contributed by atoms with van der Waals surface area (Å²) in [6.45, 7) is 5.66. The third-order valence-electron chi connectivity index (χ3n) is 2.06. The van der Waals surface area contributed by atoms with Gasteiger partial charge in [0.15, 0.2) is 6.61 Å². The Morgan fingerprint density at radius 3 is 2.88 bits per heavy atom. The standard InChI is InChI=1S/C13H16O3/c1-3-9-15-13(14)10-16-12-8-6-5-7-11(12)4-2/h3,5-8H,1,4,9-10H2,2H3. The van der Waals surface area contributed by atoms with Crippen LogP contribution in [0.25, 0.3) is 0 Å². The summed E-state index contributed by atoms with van der Waals surface area (Å²) in [6.07, 6.45) is 2.40. The van der Waals surface area contributed by atoms with Crippen LogP contribution in [0, 0.1) is 0 Å². The van der Waals surface area contributed by atoms with Crippen LogP contribution in [-0.4, -0.2) is 19.2 Å². The number of aryl methyl sites for hydroxylation is 1. The van der Waals surface area contributed by atoms with E-state index in [1.165, 1.54) is 6.08 Å². The number of rotatable bonds is 6. The van der Waals surface area contributed by atoms with Crippen molar-refractivity contribution in [2.45, 2.75) is 13.3 Å². The van der Waals surface area contributed by atoms with Crippen LogP contribution in [0.2, 0.25) is 0 Å². The smallest absolute Gasteiger partial charge is 0.344 e. The highest BCUT2D eigenvalue weighted by atomic mass is 16.6. The average Bonchev–Trinajstić information content (AvgIpc) is 2.34. The van der Waals surface area contributed by atoms with E-state index in [-0.39, 0.29) is 19.2 Å². The predicted molar refractivity (Wildman–Crippen MR) is 62.5 cm³/mol. The third kappa shape index (κ3) is 3.77. The molecule has 3 heteroatoms. The minimum Gasteiger partial charge on any atom is -0.482 e. The molecule has 1 rings (SSSR count). The summed E-state index contributed by atoms with van der Waals surface area (Å²) in [7, 11) is 0. The maximum atomic E-state index is 11.2. The predicted octanol–water partition coefficient (Wildman–Crippen LogP) is 2.36. The first kappa shape index (κ1) is 12.3. The van der Waals surface area contributed by atoms with Crippen LogP contribution < -0.4 is 4.74 Å². The van der Waals surface area contributed by atoms with Crippen molar-refractivity contribution in [2.24, 2.45) is 0 Å². The molecule has 0 aliphatic carbocycles. The highest BCUT2D eigenvalue weighted by molar-refractivity contribution is 5.71. The Balaban J connectivity index is 2.47. The highest BCUT2D eigenvalue weighted by Gasteiger charge is 2.05. The van der Waals surface area contributed by atoms with Gasteiger partial charge in [0.05, 0.1) is 0 Å². The number of ether oxygens (including phenoxy) is 2. The van der Waals surface area contributed by atoms with Crippen molar-refractivity contribution in [1.29, 1.82) is 0 Å². The van der Waals surface area contributed by atoms with Crippen molar-refractivity contribution < 1.29 is 14.3 Å². The van der Waals surface area contributed by atoms with Gasteiger partial charge >= 0.3 is 5.97 Å². The molecule has 0 N–H and O–H groups in total. The minimum atomic E-state index is -0.384. The molecule has 86 valence electrons. The van der Waals surface area contributed by atoms with E-state index in [0.29, 0.717) is 0 Å². The SMILES string of the molecule is C=CCOC(=O)COc1ccccc1CC. The molecule has 0 saturated heterocycles. The molecule has 0 fully saturated rings. The van der Waals surface area contributed by atoms with Gasteiger partial charge in [-0.2, -0.15) is 0 Å². The van der Waals surface area contributed by atoms with Crippen molar-refractivity contribution in [1.82, 2.24) is 0 Å². The normalized spacial score (nSPS) is 9.56. The van der Waals surface area contributed by atoms with Crippen LogP contribution in [-0.2, 0) is 16.0 Å². The average molecular weight is 220 g/mol. The fourth-order valence-corrected chi connectivity index (χ4v) is 1.27. The van der Waals surface area contributed by atoms with E-state index in [1.807, 2.05) is 31.2 Å². The third-order valence-corrected chi connectivity index (χ3v) is 2.06. The molecule has 0 spiro atoms. The molecular weight excluding hydrogens is 204 g/mol. The minimum absolute atomic E-state index is 0.0646. The van der Waals surface area contributed by atoms with Crippen molar-refractivity contribution in [2.75, 3.05) is 13.2 Å². The molecule has 0 aliphatic rings. The van der Waals surface area contributed by atoms with Gasteiger partial charge in [0.1, 0.15) is 12.4 Å². The molecule has 0 aliphatic heterocycles. The summed E-state index contributed by atoms with van der Waals surface area (Å²) < 4.78 is 10.2. The van der Waals surface area contributed by atoms with Crippen LogP contribution in [0.3, 0.4) is 0 Å². The summed E-state index contributed by atoms with van der Waals surface area (Å²) >= 11 is 0. The second kappa shape index (κ2) is 6.67. The van der Waals surface area contributed by atoms with Crippen molar-refractivity contribution in [3.63, 3.8) is 0 Å². The zero-order valence-corrected chi connectivity index (χ0v) is 9.44. The fraction of sp³-hybridized carbons (Fsp3) is 0.308. The molecule has 0 bridgehead atoms. The second-order valence-corrected chi connectivity index (χ2v) is 3.22. The van der Waals surface area contributed by atoms with E-state index in [1.54, 1.807) is 0 Å². The molecule has 0 aromatic heterocycles. The molecule has 0 unspecified atom stereocenters. The van der Waals surface area contributed by atoms with Gasteiger partial charge < -0.3 is 9.47 Å². The molecule has 0 radical (unpaired) electrons. The van der Waals surface area contributed by atoms with Gasteiger partial charge in [0, 0.05) is 0 Å². The lowest BCUT2D eigenvalue weighted by atomic mass is 10.1. The summed E-state index contributed by atoms with van der Waals surface area (Å²) in [5, 5.41) is 0. The molecule has 1 aromatic carbocycles. The Kier molecular flexibility index (Phi) is 5.12. The maximum Gasteiger partial charge on any atom is 0.344 e. The lowest BCUT2D eigenvalue weighted by Gasteiger charge is -2.09. The lowest BCUT2D eigenvalue weighted by molar-refractivity contribution is -0.144. The molecule has 0 saturated carbocycles. The van der Waals surface area contributed by atoms with E-state index in [9.17, 15) is 4.79 Å². The van der Waals surface area contributed by atoms with Crippen LogP contribution in [0.4, 0.5) is 0 Å². The van der Waals surface area contributed by atoms with E-state index in [0.717, 1.165) is 17.7 Å². The van der Waals surface area contributed by atoms with Gasteiger partial charge in [-0.3, -0.25) is 0 Å². The van der Waals surface area contributed by atoms with Crippen molar-refractivity contribution in [3.05, 3.63) is 42.5 Å². The zero-order valence-electron chi connectivity index (χ0n) is 9.44. The van der Waals surface area contributed by atoms with Crippen molar-refractivity contribution in [3.8, 4) is 5.75 Å². The van der Waals surface area contributed by atoms with E-state index in [2.05, 4.69) is 6.58 Å². The molecular formula is C13H16O3. The quantitative estimate of drug-likeness (QED) is 0.545. The number of para-hydroxylation sites is 1. The first-order valence-electron chi connectivity index (χ1n) is 5.25. The second-order valence-electron chi connectivity index (χ2n) is 3.22. The Hall–Kier alpha value is -1.77. The molecule has 0 atom stereocenters. The summed E-state index contributed by atoms with van der Waals surface area (Å²) in [5.74, 6) is 0.353. The van der Waals surface area contributed by atoms with Crippen LogP contribution in [0.1, 0.15) is 12.5 Å². The van der Waals surface area contributed by atoms with E-state index in [4.69, 9.17) is 9.47 Å². The molecule has 3 nitrogen and oxygen atoms in total. The van der Waals surface area contributed by atoms with Gasteiger partial charge in [-0.25, -0.2) is 4.79 Å². The maximum absolute atomic E-state index is 11.2. The Morgan fingerprint density at radius 2 is 2.19 bits per heavy atom.